The molecule has 1 N–H and O–H groups in total. The Kier molecular flexibility index (Phi) is 6.85. The van der Waals surface area contributed by atoms with Crippen LogP contribution in [0.1, 0.15) is 52.6 Å². The molecule has 164 valence electrons. The molecule has 3 amide bonds. The lowest BCUT2D eigenvalue weighted by molar-refractivity contribution is -0.125. The molecule has 0 spiro atoms. The van der Waals surface area contributed by atoms with Gasteiger partial charge in [0.1, 0.15) is 11.9 Å². The van der Waals surface area contributed by atoms with Gasteiger partial charge >= 0.3 is 0 Å². The highest BCUT2D eigenvalue weighted by Crippen LogP contribution is 2.27. The largest absolute Gasteiger partial charge is 0.352 e. The number of rotatable bonds is 8. The van der Waals surface area contributed by atoms with Gasteiger partial charge in [-0.3, -0.25) is 19.3 Å². The van der Waals surface area contributed by atoms with E-state index in [-0.39, 0.29) is 24.3 Å². The van der Waals surface area contributed by atoms with Crippen LogP contribution in [0.4, 0.5) is 4.39 Å². The highest BCUT2D eigenvalue weighted by molar-refractivity contribution is 6.22. The third-order valence-electron chi connectivity index (χ3n) is 5.46. The van der Waals surface area contributed by atoms with E-state index in [0.29, 0.717) is 17.5 Å². The molecule has 0 saturated heterocycles. The van der Waals surface area contributed by atoms with Crippen molar-refractivity contribution in [2.45, 2.75) is 32.4 Å². The minimum Gasteiger partial charge on any atom is -0.352 e. The van der Waals surface area contributed by atoms with Gasteiger partial charge in [0.15, 0.2) is 0 Å². The number of likely N-dealkylation sites (N-methyl/N-ethyl adjacent to an activating group) is 1. The molecule has 2 aromatic rings. The average Bonchev–Trinajstić information content (AvgIpc) is 2.96. The minimum absolute atomic E-state index is 0.0907. The van der Waals surface area contributed by atoms with Crippen LogP contribution in [0, 0.1) is 11.7 Å². The number of imide groups is 1. The summed E-state index contributed by atoms with van der Waals surface area (Å²) in [6, 6.07) is 11.7. The maximum Gasteiger partial charge on any atom is 0.262 e. The Morgan fingerprint density at radius 2 is 1.65 bits per heavy atom. The molecule has 7 heteroatoms. The topological polar surface area (TPSA) is 69.7 Å². The first-order valence-corrected chi connectivity index (χ1v) is 10.4. The van der Waals surface area contributed by atoms with E-state index in [0.717, 1.165) is 10.5 Å². The van der Waals surface area contributed by atoms with Crippen LogP contribution in [0.3, 0.4) is 0 Å². The molecular formula is C24H28FN3O3. The highest BCUT2D eigenvalue weighted by atomic mass is 19.1. The quantitative estimate of drug-likeness (QED) is 0.659. The van der Waals surface area contributed by atoms with Gasteiger partial charge < -0.3 is 10.2 Å². The Morgan fingerprint density at radius 3 is 2.16 bits per heavy atom. The van der Waals surface area contributed by atoms with Gasteiger partial charge in [-0.05, 0) is 56.3 Å². The van der Waals surface area contributed by atoms with Crippen LogP contribution in [0.2, 0.25) is 0 Å². The number of carbonyl (C=O) groups excluding carboxylic acids is 3. The third-order valence-corrected chi connectivity index (χ3v) is 5.46. The molecule has 0 radical (unpaired) electrons. The second-order valence-corrected chi connectivity index (χ2v) is 8.45. The summed E-state index contributed by atoms with van der Waals surface area (Å²) in [6.45, 7) is 4.09. The van der Waals surface area contributed by atoms with Crippen molar-refractivity contribution in [3.8, 4) is 0 Å². The number of benzene rings is 2. The fraction of sp³-hybridized carbons (Fsp3) is 0.375. The number of amides is 3. The zero-order chi connectivity index (χ0) is 22.7. The molecule has 0 aromatic heterocycles. The smallest absolute Gasteiger partial charge is 0.262 e. The van der Waals surface area contributed by atoms with Crippen molar-refractivity contribution in [3.05, 3.63) is 71.0 Å². The van der Waals surface area contributed by atoms with E-state index in [1.807, 2.05) is 32.8 Å². The molecule has 2 unspecified atom stereocenters. The van der Waals surface area contributed by atoms with Crippen LogP contribution in [-0.4, -0.2) is 54.2 Å². The molecule has 1 aliphatic rings. The summed E-state index contributed by atoms with van der Waals surface area (Å²) in [5, 5.41) is 2.88. The Bertz CT molecular complexity index is 955. The first kappa shape index (κ1) is 22.6. The number of hydrogen-bond acceptors (Lipinski definition) is 4. The maximum absolute atomic E-state index is 13.7. The first-order chi connectivity index (χ1) is 14.7. The van der Waals surface area contributed by atoms with E-state index in [2.05, 4.69) is 5.32 Å². The highest BCUT2D eigenvalue weighted by Gasteiger charge is 2.42. The van der Waals surface area contributed by atoms with Gasteiger partial charge in [-0.1, -0.05) is 38.1 Å². The SMILES string of the molecule is CC(C)CC(C(=O)NCC(c1cccc(F)c1)N(C)C)N1C(=O)c2ccccc2C1=O. The number of hydrogen-bond donors (Lipinski definition) is 1. The van der Waals surface area contributed by atoms with E-state index >= 15 is 0 Å². The molecule has 1 aliphatic heterocycles. The number of carbonyl (C=O) groups is 3. The minimum atomic E-state index is -0.914. The van der Waals surface area contributed by atoms with Gasteiger partial charge in [0.05, 0.1) is 17.2 Å². The number of nitrogens with zero attached hydrogens (tertiary/aromatic N) is 2. The van der Waals surface area contributed by atoms with Crippen molar-refractivity contribution >= 4 is 17.7 Å². The van der Waals surface area contributed by atoms with Crippen LogP contribution in [0.15, 0.2) is 48.5 Å². The van der Waals surface area contributed by atoms with E-state index in [4.69, 9.17) is 0 Å². The van der Waals surface area contributed by atoms with Crippen molar-refractivity contribution in [3.63, 3.8) is 0 Å². The first-order valence-electron chi connectivity index (χ1n) is 10.4. The summed E-state index contributed by atoms with van der Waals surface area (Å²) in [7, 11) is 3.69. The Balaban J connectivity index is 1.81. The summed E-state index contributed by atoms with van der Waals surface area (Å²) in [5.41, 5.74) is 1.37. The lowest BCUT2D eigenvalue weighted by Crippen LogP contribution is -2.51. The molecule has 1 heterocycles. The molecule has 6 nitrogen and oxygen atoms in total. The molecule has 31 heavy (non-hydrogen) atoms. The standard InChI is InChI=1S/C24H28FN3O3/c1-15(2)12-20(28-23(30)18-10-5-6-11-19(18)24(28)31)22(29)26-14-21(27(3)4)16-8-7-9-17(25)13-16/h5-11,13,15,20-21H,12,14H2,1-4H3,(H,26,29). The lowest BCUT2D eigenvalue weighted by atomic mass is 10.0. The molecule has 2 aromatic carbocycles. The second-order valence-electron chi connectivity index (χ2n) is 8.45. The maximum atomic E-state index is 13.7. The number of halogens is 1. The van der Waals surface area contributed by atoms with Crippen LogP contribution in [0.5, 0.6) is 0 Å². The van der Waals surface area contributed by atoms with E-state index in [9.17, 15) is 18.8 Å². The number of nitrogens with one attached hydrogen (secondary N) is 1. The van der Waals surface area contributed by atoms with Crippen molar-refractivity contribution in [2.24, 2.45) is 5.92 Å². The van der Waals surface area contributed by atoms with Crippen molar-refractivity contribution in [1.29, 1.82) is 0 Å². The lowest BCUT2D eigenvalue weighted by Gasteiger charge is -2.29. The van der Waals surface area contributed by atoms with E-state index in [1.165, 1.54) is 12.1 Å². The van der Waals surface area contributed by atoms with Crippen LogP contribution < -0.4 is 5.32 Å². The van der Waals surface area contributed by atoms with E-state index < -0.39 is 23.8 Å². The Hall–Kier alpha value is -3.06. The van der Waals surface area contributed by atoms with Gasteiger partial charge in [-0.2, -0.15) is 0 Å². The molecule has 2 atom stereocenters. The molecule has 0 bridgehead atoms. The molecule has 0 fully saturated rings. The van der Waals surface area contributed by atoms with Crippen LogP contribution >= 0.6 is 0 Å². The predicted molar refractivity (Wildman–Crippen MR) is 116 cm³/mol. The summed E-state index contributed by atoms with van der Waals surface area (Å²) >= 11 is 0. The Morgan fingerprint density at radius 1 is 1.03 bits per heavy atom. The summed E-state index contributed by atoms with van der Waals surface area (Å²) in [4.78, 5) is 42.0. The zero-order valence-corrected chi connectivity index (χ0v) is 18.3. The van der Waals surface area contributed by atoms with Gasteiger partial charge in [-0.15, -0.1) is 0 Å². The van der Waals surface area contributed by atoms with Crippen molar-refractivity contribution < 1.29 is 18.8 Å². The molecule has 3 rings (SSSR count). The van der Waals surface area contributed by atoms with Gasteiger partial charge in [-0.25, -0.2) is 4.39 Å². The van der Waals surface area contributed by atoms with Crippen molar-refractivity contribution in [2.75, 3.05) is 20.6 Å². The normalized spacial score (nSPS) is 15.4. The molecular weight excluding hydrogens is 397 g/mol. The summed E-state index contributed by atoms with van der Waals surface area (Å²) in [5.74, 6) is -1.55. The average molecular weight is 426 g/mol. The Labute approximate surface area is 182 Å². The fourth-order valence-electron chi connectivity index (χ4n) is 3.89. The van der Waals surface area contributed by atoms with Crippen molar-refractivity contribution in [1.82, 2.24) is 15.1 Å². The van der Waals surface area contributed by atoms with Gasteiger partial charge in [0.2, 0.25) is 5.91 Å². The van der Waals surface area contributed by atoms with Gasteiger partial charge in [0.25, 0.3) is 11.8 Å². The van der Waals surface area contributed by atoms with Crippen LogP contribution in [0.25, 0.3) is 0 Å². The third kappa shape index (κ3) is 4.82. The number of fused-ring (bicyclic) bond motifs is 1. The monoisotopic (exact) mass is 425 g/mol. The molecule has 0 aliphatic carbocycles. The van der Waals surface area contributed by atoms with Crippen LogP contribution in [-0.2, 0) is 4.79 Å². The van der Waals surface area contributed by atoms with E-state index in [1.54, 1.807) is 36.4 Å². The second kappa shape index (κ2) is 9.39. The summed E-state index contributed by atoms with van der Waals surface area (Å²) in [6.07, 6.45) is 0.351. The fourth-order valence-corrected chi connectivity index (χ4v) is 3.89. The zero-order valence-electron chi connectivity index (χ0n) is 18.3. The molecule has 0 saturated carbocycles. The van der Waals surface area contributed by atoms with Gasteiger partial charge in [0, 0.05) is 6.54 Å². The summed E-state index contributed by atoms with van der Waals surface area (Å²) < 4.78 is 13.7. The predicted octanol–water partition coefficient (Wildman–Crippen LogP) is 3.26.